The number of thioether (sulfide) groups is 1. The van der Waals surface area contributed by atoms with Crippen LogP contribution in [0.3, 0.4) is 0 Å². The van der Waals surface area contributed by atoms with Gasteiger partial charge < -0.3 is 10.2 Å². The van der Waals surface area contributed by atoms with E-state index in [4.69, 9.17) is 11.6 Å². The van der Waals surface area contributed by atoms with Gasteiger partial charge in [-0.2, -0.15) is 0 Å². The van der Waals surface area contributed by atoms with Crippen molar-refractivity contribution < 1.29 is 10.2 Å². The largest absolute Gasteiger partial charge is 0.395 e. The molecule has 2 aromatic carbocycles. The fraction of sp³-hybridized carbons (Fsp3) is 0.455. The maximum atomic E-state index is 10.1. The molecule has 140 valence electrons. The molecule has 0 saturated carbocycles. The van der Waals surface area contributed by atoms with Crippen molar-refractivity contribution in [2.75, 3.05) is 6.61 Å². The Hall–Kier alpha value is -1.00. The molecule has 3 rings (SSSR count). The lowest BCUT2D eigenvalue weighted by Crippen LogP contribution is -2.26. The van der Waals surface area contributed by atoms with Crippen LogP contribution in [0.4, 0.5) is 0 Å². The van der Waals surface area contributed by atoms with Crippen molar-refractivity contribution in [3.05, 3.63) is 69.7 Å². The van der Waals surface area contributed by atoms with Crippen LogP contribution in [0, 0.1) is 0 Å². The molecule has 2 N–H and O–H groups in total. The molecule has 0 aliphatic carbocycles. The SMILES string of the molecule is CC(C)c1ccc(Cc2cc([C@H]3C[C@@H](O)C[C@@H](CO)S3)ccc2Cl)cc1. The summed E-state index contributed by atoms with van der Waals surface area (Å²) in [6.45, 7) is 4.51. The van der Waals surface area contributed by atoms with Crippen LogP contribution in [-0.2, 0) is 6.42 Å². The molecular weight excluding hydrogens is 364 g/mol. The lowest BCUT2D eigenvalue weighted by molar-refractivity contribution is 0.137. The van der Waals surface area contributed by atoms with Crippen molar-refractivity contribution in [2.24, 2.45) is 0 Å². The first-order valence-corrected chi connectivity index (χ1v) is 10.6. The maximum absolute atomic E-state index is 10.1. The minimum atomic E-state index is -0.346. The van der Waals surface area contributed by atoms with E-state index in [0.717, 1.165) is 23.4 Å². The number of hydrogen-bond donors (Lipinski definition) is 2. The van der Waals surface area contributed by atoms with E-state index in [2.05, 4.69) is 50.2 Å². The highest BCUT2D eigenvalue weighted by Gasteiger charge is 2.29. The molecule has 1 heterocycles. The summed E-state index contributed by atoms with van der Waals surface area (Å²) in [7, 11) is 0. The third-order valence-corrected chi connectivity index (χ3v) is 6.95. The predicted molar refractivity (Wildman–Crippen MR) is 111 cm³/mol. The molecule has 4 heteroatoms. The number of rotatable bonds is 5. The van der Waals surface area contributed by atoms with E-state index < -0.39 is 0 Å². The van der Waals surface area contributed by atoms with E-state index in [9.17, 15) is 10.2 Å². The Morgan fingerprint density at radius 3 is 2.50 bits per heavy atom. The Morgan fingerprint density at radius 1 is 1.12 bits per heavy atom. The molecule has 3 atom stereocenters. The van der Waals surface area contributed by atoms with E-state index in [0.29, 0.717) is 12.3 Å². The molecule has 1 aliphatic heterocycles. The standard InChI is InChI=1S/C22H27ClO2S/c1-14(2)16-5-3-15(4-6-16)9-18-10-17(7-8-21(18)23)22-12-19(25)11-20(13-24)26-22/h3-8,10,14,19-20,22,24-25H,9,11-13H2,1-2H3/t19-,20-,22+/m0/s1. The molecule has 0 amide bonds. The maximum Gasteiger partial charge on any atom is 0.0565 e. The Balaban J connectivity index is 1.79. The average Bonchev–Trinajstić information content (AvgIpc) is 2.63. The molecule has 0 spiro atoms. The minimum absolute atomic E-state index is 0.103. The quantitative estimate of drug-likeness (QED) is 0.723. The molecule has 0 unspecified atom stereocenters. The first-order valence-electron chi connectivity index (χ1n) is 9.27. The molecular formula is C22H27ClO2S. The summed E-state index contributed by atoms with van der Waals surface area (Å²) in [5.74, 6) is 0.533. The van der Waals surface area contributed by atoms with Crippen LogP contribution in [0.5, 0.6) is 0 Å². The highest BCUT2D eigenvalue weighted by Crippen LogP contribution is 2.43. The lowest BCUT2D eigenvalue weighted by Gasteiger charge is -2.31. The number of benzene rings is 2. The van der Waals surface area contributed by atoms with Crippen molar-refractivity contribution in [1.82, 2.24) is 0 Å². The van der Waals surface area contributed by atoms with Gasteiger partial charge in [0.2, 0.25) is 0 Å². The highest BCUT2D eigenvalue weighted by atomic mass is 35.5. The minimum Gasteiger partial charge on any atom is -0.395 e. The van der Waals surface area contributed by atoms with Gasteiger partial charge in [-0.3, -0.25) is 0 Å². The van der Waals surface area contributed by atoms with Crippen molar-refractivity contribution in [3.63, 3.8) is 0 Å². The van der Waals surface area contributed by atoms with Gasteiger partial charge in [0.1, 0.15) is 0 Å². The lowest BCUT2D eigenvalue weighted by atomic mass is 9.96. The van der Waals surface area contributed by atoms with Gasteiger partial charge in [0.05, 0.1) is 12.7 Å². The Morgan fingerprint density at radius 2 is 1.85 bits per heavy atom. The summed E-state index contributed by atoms with van der Waals surface area (Å²) in [5, 5.41) is 20.7. The summed E-state index contributed by atoms with van der Waals surface area (Å²) in [5.41, 5.74) is 4.89. The van der Waals surface area contributed by atoms with Gasteiger partial charge >= 0.3 is 0 Å². The number of aliphatic hydroxyl groups is 2. The molecule has 1 aliphatic rings. The zero-order chi connectivity index (χ0) is 18.7. The van der Waals surface area contributed by atoms with Gasteiger partial charge in [-0.05, 0) is 53.5 Å². The highest BCUT2D eigenvalue weighted by molar-refractivity contribution is 8.00. The van der Waals surface area contributed by atoms with E-state index >= 15 is 0 Å². The Bertz CT molecular complexity index is 729. The monoisotopic (exact) mass is 390 g/mol. The molecule has 0 aromatic heterocycles. The Kier molecular flexibility index (Phi) is 6.68. The molecule has 1 saturated heterocycles. The molecule has 1 fully saturated rings. The summed E-state index contributed by atoms with van der Waals surface area (Å²) in [6.07, 6.45) is 1.85. The Labute approximate surface area is 165 Å². The number of halogens is 1. The van der Waals surface area contributed by atoms with Gasteiger partial charge in [-0.15, -0.1) is 11.8 Å². The van der Waals surface area contributed by atoms with Gasteiger partial charge in [0, 0.05) is 15.5 Å². The van der Waals surface area contributed by atoms with Gasteiger partial charge in [0.15, 0.2) is 0 Å². The summed E-state index contributed by atoms with van der Waals surface area (Å²) >= 11 is 8.22. The van der Waals surface area contributed by atoms with Gasteiger partial charge in [0.25, 0.3) is 0 Å². The van der Waals surface area contributed by atoms with Crippen LogP contribution in [0.15, 0.2) is 42.5 Å². The van der Waals surface area contributed by atoms with Crippen LogP contribution >= 0.6 is 23.4 Å². The van der Waals surface area contributed by atoms with Crippen molar-refractivity contribution in [2.45, 2.75) is 55.6 Å². The molecule has 0 bridgehead atoms. The van der Waals surface area contributed by atoms with Crippen LogP contribution in [0.25, 0.3) is 0 Å². The van der Waals surface area contributed by atoms with E-state index in [1.165, 1.54) is 16.7 Å². The third-order valence-electron chi connectivity index (χ3n) is 5.06. The zero-order valence-electron chi connectivity index (χ0n) is 15.4. The topological polar surface area (TPSA) is 40.5 Å². The summed E-state index contributed by atoms with van der Waals surface area (Å²) < 4.78 is 0. The normalized spacial score (nSPS) is 23.4. The fourth-order valence-corrected chi connectivity index (χ4v) is 5.20. The van der Waals surface area contributed by atoms with Crippen molar-refractivity contribution in [1.29, 1.82) is 0 Å². The van der Waals surface area contributed by atoms with Crippen LogP contribution in [0.2, 0.25) is 5.02 Å². The zero-order valence-corrected chi connectivity index (χ0v) is 16.9. The van der Waals surface area contributed by atoms with E-state index in [1.807, 2.05) is 6.07 Å². The molecule has 26 heavy (non-hydrogen) atoms. The second-order valence-corrected chi connectivity index (χ2v) is 9.39. The van der Waals surface area contributed by atoms with Crippen molar-refractivity contribution in [3.8, 4) is 0 Å². The van der Waals surface area contributed by atoms with Gasteiger partial charge in [-0.25, -0.2) is 0 Å². The van der Waals surface area contributed by atoms with Crippen LogP contribution in [-0.4, -0.2) is 28.2 Å². The van der Waals surface area contributed by atoms with Crippen LogP contribution in [0.1, 0.15) is 60.1 Å². The number of hydrogen-bond acceptors (Lipinski definition) is 3. The van der Waals surface area contributed by atoms with Gasteiger partial charge in [-0.1, -0.05) is 61.8 Å². The molecule has 2 aromatic rings. The second kappa shape index (κ2) is 8.79. The van der Waals surface area contributed by atoms with E-state index in [1.54, 1.807) is 11.8 Å². The fourth-order valence-electron chi connectivity index (χ4n) is 3.49. The number of aliphatic hydroxyl groups excluding tert-OH is 2. The third kappa shape index (κ3) is 4.83. The van der Waals surface area contributed by atoms with Crippen molar-refractivity contribution >= 4 is 23.4 Å². The van der Waals surface area contributed by atoms with E-state index in [-0.39, 0.29) is 23.2 Å². The van der Waals surface area contributed by atoms with Crippen LogP contribution < -0.4 is 0 Å². The smallest absolute Gasteiger partial charge is 0.0565 e. The predicted octanol–water partition coefficient (Wildman–Crippen LogP) is 5.34. The first-order chi connectivity index (χ1) is 12.5. The molecule has 2 nitrogen and oxygen atoms in total. The summed E-state index contributed by atoms with van der Waals surface area (Å²) in [4.78, 5) is 0. The first kappa shape index (κ1) is 19.8. The summed E-state index contributed by atoms with van der Waals surface area (Å²) in [6, 6.07) is 14.9. The second-order valence-electron chi connectivity index (χ2n) is 7.48. The molecule has 0 radical (unpaired) electrons. The average molecular weight is 391 g/mol.